The normalized spacial score (nSPS) is 17.3. The van der Waals surface area contributed by atoms with E-state index in [9.17, 15) is 0 Å². The van der Waals surface area contributed by atoms with E-state index in [1.54, 1.807) is 0 Å². The summed E-state index contributed by atoms with van der Waals surface area (Å²) < 4.78 is 0. The maximum atomic E-state index is 3.41. The molecule has 1 atom stereocenters. The smallest absolute Gasteiger partial charge is 0.0323 e. The van der Waals surface area contributed by atoms with Gasteiger partial charge in [-0.3, -0.25) is 0 Å². The van der Waals surface area contributed by atoms with E-state index in [-0.39, 0.29) is 0 Å². The van der Waals surface area contributed by atoms with Crippen LogP contribution in [0.25, 0.3) is 11.1 Å². The Morgan fingerprint density at radius 1 is 0.950 bits per heavy atom. The molecule has 1 N–H and O–H groups in total. The van der Waals surface area contributed by atoms with Gasteiger partial charge in [-0.2, -0.15) is 0 Å². The molecule has 0 spiro atoms. The third-order valence-electron chi connectivity index (χ3n) is 4.72. The number of nitrogens with one attached hydrogen (secondary N) is 1. The highest BCUT2D eigenvalue weighted by atomic mass is 14.9. The molecule has 20 heavy (non-hydrogen) atoms. The summed E-state index contributed by atoms with van der Waals surface area (Å²) in [5, 5.41) is 3.41. The largest absolute Gasteiger partial charge is 0.313 e. The third-order valence-corrected chi connectivity index (χ3v) is 4.72. The fourth-order valence-electron chi connectivity index (χ4n) is 3.36. The van der Waals surface area contributed by atoms with E-state index >= 15 is 0 Å². The molecule has 0 radical (unpaired) electrons. The lowest BCUT2D eigenvalue weighted by atomic mass is 9.93. The van der Waals surface area contributed by atoms with Crippen LogP contribution in [0.3, 0.4) is 0 Å². The van der Waals surface area contributed by atoms with Crippen molar-refractivity contribution in [1.82, 2.24) is 5.32 Å². The van der Waals surface area contributed by atoms with E-state index in [1.807, 2.05) is 0 Å². The molecule has 0 saturated heterocycles. The molecule has 104 valence electrons. The fourth-order valence-corrected chi connectivity index (χ4v) is 3.36. The highest BCUT2D eigenvalue weighted by molar-refractivity contribution is 5.70. The molecule has 1 aliphatic carbocycles. The number of rotatable bonds is 2. The minimum absolute atomic E-state index is 0.542. The molecule has 2 aromatic carbocycles. The quantitative estimate of drug-likeness (QED) is 0.844. The zero-order valence-corrected chi connectivity index (χ0v) is 12.9. The van der Waals surface area contributed by atoms with Crippen LogP contribution in [0.5, 0.6) is 0 Å². The summed E-state index contributed by atoms with van der Waals surface area (Å²) in [5.74, 6) is 0. The lowest BCUT2D eigenvalue weighted by Gasteiger charge is -2.13. The van der Waals surface area contributed by atoms with Crippen LogP contribution in [0.1, 0.15) is 40.3 Å². The Bertz CT molecular complexity index is 655. The van der Waals surface area contributed by atoms with Gasteiger partial charge in [-0.1, -0.05) is 30.3 Å². The second kappa shape index (κ2) is 5.06. The molecular weight excluding hydrogens is 242 g/mol. The molecule has 0 aromatic heterocycles. The topological polar surface area (TPSA) is 12.0 Å². The average Bonchev–Trinajstić information content (AvgIpc) is 2.85. The molecule has 3 rings (SSSR count). The number of hydrogen-bond donors (Lipinski definition) is 1. The highest BCUT2D eigenvalue weighted by Crippen LogP contribution is 2.35. The first-order valence-electron chi connectivity index (χ1n) is 7.48. The van der Waals surface area contributed by atoms with E-state index in [2.05, 4.69) is 63.5 Å². The fraction of sp³-hybridized carbons (Fsp3) is 0.368. The third kappa shape index (κ3) is 2.16. The maximum absolute atomic E-state index is 3.41. The monoisotopic (exact) mass is 265 g/mol. The number of hydrogen-bond acceptors (Lipinski definition) is 1. The van der Waals surface area contributed by atoms with Crippen LogP contribution < -0.4 is 5.32 Å². The molecule has 1 aliphatic rings. The zero-order chi connectivity index (χ0) is 14.3. The Labute approximate surface area is 122 Å². The van der Waals surface area contributed by atoms with Crippen LogP contribution in [0, 0.1) is 20.8 Å². The van der Waals surface area contributed by atoms with Gasteiger partial charge < -0.3 is 5.32 Å². The summed E-state index contributed by atoms with van der Waals surface area (Å²) in [6.07, 6.45) is 2.42. The van der Waals surface area contributed by atoms with Gasteiger partial charge in [-0.25, -0.2) is 0 Å². The summed E-state index contributed by atoms with van der Waals surface area (Å²) in [6.45, 7) is 6.60. The Hall–Kier alpha value is -1.60. The molecule has 0 heterocycles. The molecule has 0 bridgehead atoms. The van der Waals surface area contributed by atoms with Crippen LogP contribution in [-0.4, -0.2) is 7.05 Å². The first-order chi connectivity index (χ1) is 9.60. The van der Waals surface area contributed by atoms with Gasteiger partial charge in [0.2, 0.25) is 0 Å². The number of benzene rings is 2. The Morgan fingerprint density at radius 2 is 1.70 bits per heavy atom. The summed E-state index contributed by atoms with van der Waals surface area (Å²) >= 11 is 0. The SMILES string of the molecule is CNC1CCc2cc(-c3cc(C)c(C)cc3C)ccc21. The van der Waals surface area contributed by atoms with Gasteiger partial charge in [0, 0.05) is 6.04 Å². The maximum Gasteiger partial charge on any atom is 0.0323 e. The Morgan fingerprint density at radius 3 is 2.45 bits per heavy atom. The van der Waals surface area contributed by atoms with Crippen molar-refractivity contribution in [2.45, 2.75) is 39.7 Å². The molecule has 0 fully saturated rings. The van der Waals surface area contributed by atoms with Gasteiger partial charge in [0.1, 0.15) is 0 Å². The summed E-state index contributed by atoms with van der Waals surface area (Å²) in [7, 11) is 2.06. The van der Waals surface area contributed by atoms with Gasteiger partial charge in [-0.15, -0.1) is 0 Å². The molecule has 1 unspecified atom stereocenters. The zero-order valence-electron chi connectivity index (χ0n) is 12.9. The lowest BCUT2D eigenvalue weighted by molar-refractivity contribution is 0.590. The van der Waals surface area contributed by atoms with Crippen molar-refractivity contribution in [2.24, 2.45) is 0 Å². The number of aryl methyl sites for hydroxylation is 4. The average molecular weight is 265 g/mol. The predicted molar refractivity (Wildman–Crippen MR) is 86.2 cm³/mol. The first kappa shape index (κ1) is 13.4. The van der Waals surface area contributed by atoms with Crippen molar-refractivity contribution in [2.75, 3.05) is 7.05 Å². The summed E-state index contributed by atoms with van der Waals surface area (Å²) in [4.78, 5) is 0. The predicted octanol–water partition coefficient (Wildman–Crippen LogP) is 4.49. The van der Waals surface area contributed by atoms with Crippen molar-refractivity contribution in [3.63, 3.8) is 0 Å². The van der Waals surface area contributed by atoms with E-state index < -0.39 is 0 Å². The second-order valence-corrected chi connectivity index (χ2v) is 6.04. The van der Waals surface area contributed by atoms with E-state index in [0.29, 0.717) is 6.04 Å². The Kier molecular flexibility index (Phi) is 3.39. The van der Waals surface area contributed by atoms with Gasteiger partial charge in [0.25, 0.3) is 0 Å². The molecule has 0 amide bonds. The van der Waals surface area contributed by atoms with Crippen LogP contribution in [-0.2, 0) is 6.42 Å². The standard InChI is InChI=1S/C19H23N/c1-12-9-14(3)18(10-13(12)2)16-5-7-17-15(11-16)6-8-19(17)20-4/h5,7,9-11,19-20H,6,8H2,1-4H3. The molecule has 1 nitrogen and oxygen atoms in total. The van der Waals surface area contributed by atoms with E-state index in [1.165, 1.54) is 51.8 Å². The van der Waals surface area contributed by atoms with Crippen LogP contribution >= 0.6 is 0 Å². The lowest BCUT2D eigenvalue weighted by Crippen LogP contribution is -2.12. The van der Waals surface area contributed by atoms with Crippen molar-refractivity contribution in [3.05, 3.63) is 58.1 Å². The molecule has 2 aromatic rings. The molecular formula is C19H23N. The minimum Gasteiger partial charge on any atom is -0.313 e. The minimum atomic E-state index is 0.542. The second-order valence-electron chi connectivity index (χ2n) is 6.04. The summed E-state index contributed by atoms with van der Waals surface area (Å²) in [5.41, 5.74) is 9.86. The van der Waals surface area contributed by atoms with Crippen molar-refractivity contribution >= 4 is 0 Å². The van der Waals surface area contributed by atoms with Crippen molar-refractivity contribution in [1.29, 1.82) is 0 Å². The van der Waals surface area contributed by atoms with Crippen LogP contribution in [0.15, 0.2) is 30.3 Å². The van der Waals surface area contributed by atoms with Gasteiger partial charge in [0.15, 0.2) is 0 Å². The molecule has 0 aliphatic heterocycles. The highest BCUT2D eigenvalue weighted by Gasteiger charge is 2.21. The molecule has 1 heteroatoms. The van der Waals surface area contributed by atoms with Crippen LogP contribution in [0.2, 0.25) is 0 Å². The van der Waals surface area contributed by atoms with E-state index in [4.69, 9.17) is 0 Å². The van der Waals surface area contributed by atoms with E-state index in [0.717, 1.165) is 0 Å². The van der Waals surface area contributed by atoms with Gasteiger partial charge >= 0.3 is 0 Å². The number of fused-ring (bicyclic) bond motifs is 1. The first-order valence-corrected chi connectivity index (χ1v) is 7.48. The van der Waals surface area contributed by atoms with Gasteiger partial charge in [-0.05, 0) is 79.6 Å². The van der Waals surface area contributed by atoms with Crippen LogP contribution in [0.4, 0.5) is 0 Å². The summed E-state index contributed by atoms with van der Waals surface area (Å²) in [6, 6.07) is 12.2. The van der Waals surface area contributed by atoms with Gasteiger partial charge in [0.05, 0.1) is 0 Å². The Balaban J connectivity index is 2.06. The van der Waals surface area contributed by atoms with Crippen molar-refractivity contribution in [3.8, 4) is 11.1 Å². The molecule has 0 saturated carbocycles. The van der Waals surface area contributed by atoms with Crippen molar-refractivity contribution < 1.29 is 0 Å².